The molecule has 1 atom stereocenters. The number of fused-ring (bicyclic) bond motifs is 1. The summed E-state index contributed by atoms with van der Waals surface area (Å²) in [5.74, 6) is -1.06. The first-order valence-corrected chi connectivity index (χ1v) is 11.0. The second kappa shape index (κ2) is 9.52. The molecule has 10 heteroatoms. The molecule has 2 aromatic rings. The summed E-state index contributed by atoms with van der Waals surface area (Å²) in [4.78, 5) is 40.5. The van der Waals surface area contributed by atoms with Gasteiger partial charge in [-0.15, -0.1) is 0 Å². The molecule has 178 valence electrons. The highest BCUT2D eigenvalue weighted by Crippen LogP contribution is 2.41. The maximum Gasteiger partial charge on any atom is 0.295 e. The number of carbonyl (C=O) groups is 2. The number of likely N-dealkylation sites (tertiary alicyclic amines) is 1. The van der Waals surface area contributed by atoms with E-state index in [0.29, 0.717) is 23.6 Å². The molecule has 2 aromatic carbocycles. The maximum absolute atomic E-state index is 13.1. The van der Waals surface area contributed by atoms with Gasteiger partial charge in [-0.25, -0.2) is 0 Å². The number of rotatable bonds is 8. The number of likely N-dealkylation sites (N-methyl/N-ethyl adjacent to an activating group) is 1. The molecule has 1 amide bonds. The summed E-state index contributed by atoms with van der Waals surface area (Å²) in [6, 6.07) is 9.51. The molecule has 1 saturated heterocycles. The van der Waals surface area contributed by atoms with Crippen LogP contribution in [0.25, 0.3) is 5.76 Å². The molecule has 34 heavy (non-hydrogen) atoms. The number of aliphatic hydroxyl groups excluding tert-OH is 1. The van der Waals surface area contributed by atoms with Crippen molar-refractivity contribution in [2.75, 3.05) is 33.0 Å². The van der Waals surface area contributed by atoms with Gasteiger partial charge < -0.3 is 24.4 Å². The Hall–Kier alpha value is -3.92. The van der Waals surface area contributed by atoms with Gasteiger partial charge in [-0.3, -0.25) is 19.7 Å². The third-order valence-corrected chi connectivity index (χ3v) is 6.13. The average Bonchev–Trinajstić information content (AvgIpc) is 3.41. The SMILES string of the molecule is CCN(CC)CCN1C(=O)C(=O)C(=C(O)c2ccc3c(c2)OCO3)C1c1cccc([N+](=O)[O-])c1. The van der Waals surface area contributed by atoms with Crippen LogP contribution in [0.4, 0.5) is 5.69 Å². The summed E-state index contributed by atoms with van der Waals surface area (Å²) >= 11 is 0. The van der Waals surface area contributed by atoms with Gasteiger partial charge >= 0.3 is 0 Å². The Morgan fingerprint density at radius 1 is 1.15 bits per heavy atom. The van der Waals surface area contributed by atoms with Gasteiger partial charge in [0.25, 0.3) is 17.4 Å². The van der Waals surface area contributed by atoms with Gasteiger partial charge in [0.05, 0.1) is 16.5 Å². The second-order valence-corrected chi connectivity index (χ2v) is 7.94. The number of nitro groups is 1. The highest BCUT2D eigenvalue weighted by molar-refractivity contribution is 6.46. The normalized spacial score (nSPS) is 18.7. The first-order chi connectivity index (χ1) is 16.3. The lowest BCUT2D eigenvalue weighted by Crippen LogP contribution is -2.38. The Morgan fingerprint density at radius 3 is 2.59 bits per heavy atom. The molecular formula is C24H25N3O7. The zero-order valence-corrected chi connectivity index (χ0v) is 18.9. The minimum absolute atomic E-state index is 0.0446. The maximum atomic E-state index is 13.1. The lowest BCUT2D eigenvalue weighted by atomic mass is 9.95. The van der Waals surface area contributed by atoms with Crippen LogP contribution in [0, 0.1) is 10.1 Å². The van der Waals surface area contributed by atoms with Gasteiger partial charge in [0.1, 0.15) is 5.76 Å². The Morgan fingerprint density at radius 2 is 1.88 bits per heavy atom. The van der Waals surface area contributed by atoms with E-state index in [-0.39, 0.29) is 35.9 Å². The minimum Gasteiger partial charge on any atom is -0.507 e. The molecule has 1 N–H and O–H groups in total. The first kappa shape index (κ1) is 23.2. The molecule has 2 heterocycles. The monoisotopic (exact) mass is 467 g/mol. The van der Waals surface area contributed by atoms with Crippen molar-refractivity contribution in [1.29, 1.82) is 0 Å². The third-order valence-electron chi connectivity index (χ3n) is 6.13. The van der Waals surface area contributed by atoms with Gasteiger partial charge in [0.2, 0.25) is 6.79 Å². The first-order valence-electron chi connectivity index (χ1n) is 11.0. The number of non-ortho nitro benzene ring substituents is 1. The highest BCUT2D eigenvalue weighted by Gasteiger charge is 2.46. The van der Waals surface area contributed by atoms with E-state index < -0.39 is 22.7 Å². The molecule has 1 fully saturated rings. The molecule has 10 nitrogen and oxygen atoms in total. The van der Waals surface area contributed by atoms with E-state index in [1.807, 2.05) is 13.8 Å². The standard InChI is InChI=1S/C24H25N3O7/c1-3-25(4-2)10-11-26-21(15-6-5-7-17(12-15)27(31)32)20(23(29)24(26)30)22(28)16-8-9-18-19(13-16)34-14-33-18/h5-9,12-13,21,28H,3-4,10-11,14H2,1-2H3. The second-order valence-electron chi connectivity index (χ2n) is 7.94. The number of ketones is 1. The number of Topliss-reactive ketones (excluding diaryl/α,β-unsaturated/α-hetero) is 1. The van der Waals surface area contributed by atoms with Crippen LogP contribution >= 0.6 is 0 Å². The molecule has 4 rings (SSSR count). The number of hydrogen-bond acceptors (Lipinski definition) is 8. The van der Waals surface area contributed by atoms with E-state index in [1.165, 1.54) is 29.2 Å². The van der Waals surface area contributed by atoms with Crippen molar-refractivity contribution in [3.63, 3.8) is 0 Å². The number of hydrogen-bond donors (Lipinski definition) is 1. The Balaban J connectivity index is 1.82. The van der Waals surface area contributed by atoms with Crippen LogP contribution in [0.1, 0.15) is 31.0 Å². The van der Waals surface area contributed by atoms with Gasteiger partial charge in [0.15, 0.2) is 11.5 Å². The summed E-state index contributed by atoms with van der Waals surface area (Å²) in [5.41, 5.74) is 0.357. The Labute approximate surface area is 196 Å². The Kier molecular flexibility index (Phi) is 6.51. The summed E-state index contributed by atoms with van der Waals surface area (Å²) < 4.78 is 10.7. The molecule has 2 aliphatic heterocycles. The number of carbonyl (C=O) groups excluding carboxylic acids is 2. The molecular weight excluding hydrogens is 442 g/mol. The molecule has 0 aliphatic carbocycles. The van der Waals surface area contributed by atoms with Crippen LogP contribution in [0.5, 0.6) is 11.5 Å². The van der Waals surface area contributed by atoms with E-state index in [2.05, 4.69) is 4.90 Å². The quantitative estimate of drug-likeness (QED) is 0.207. The van der Waals surface area contributed by atoms with Crippen LogP contribution in [0.15, 0.2) is 48.0 Å². The fourth-order valence-corrected chi connectivity index (χ4v) is 4.25. The van der Waals surface area contributed by atoms with Crippen molar-refractivity contribution >= 4 is 23.1 Å². The third kappa shape index (κ3) is 4.19. The van der Waals surface area contributed by atoms with Gasteiger partial charge in [-0.05, 0) is 36.9 Å². The predicted octanol–water partition coefficient (Wildman–Crippen LogP) is 3.09. The number of amides is 1. The topological polar surface area (TPSA) is 122 Å². The van der Waals surface area contributed by atoms with Crippen LogP contribution in [0.2, 0.25) is 0 Å². The van der Waals surface area contributed by atoms with Crippen LogP contribution < -0.4 is 9.47 Å². The average molecular weight is 467 g/mol. The van der Waals surface area contributed by atoms with Crippen molar-refractivity contribution in [3.05, 3.63) is 69.3 Å². The number of nitro benzene ring substituents is 1. The molecule has 0 aromatic heterocycles. The molecule has 0 spiro atoms. The van der Waals surface area contributed by atoms with Crippen molar-refractivity contribution < 1.29 is 29.1 Å². The van der Waals surface area contributed by atoms with Gasteiger partial charge in [-0.2, -0.15) is 0 Å². The van der Waals surface area contributed by atoms with Crippen molar-refractivity contribution in [2.24, 2.45) is 0 Å². The largest absolute Gasteiger partial charge is 0.507 e. The molecule has 0 bridgehead atoms. The number of nitrogens with zero attached hydrogens (tertiary/aromatic N) is 3. The summed E-state index contributed by atoms with van der Waals surface area (Å²) in [5, 5.41) is 22.6. The van der Waals surface area contributed by atoms with Gasteiger partial charge in [-0.1, -0.05) is 26.0 Å². The summed E-state index contributed by atoms with van der Waals surface area (Å²) in [6.07, 6.45) is 0. The number of ether oxygens (including phenoxy) is 2. The molecule has 1 unspecified atom stereocenters. The lowest BCUT2D eigenvalue weighted by Gasteiger charge is -2.28. The zero-order valence-electron chi connectivity index (χ0n) is 18.9. The van der Waals surface area contributed by atoms with Crippen LogP contribution in [0.3, 0.4) is 0 Å². The van der Waals surface area contributed by atoms with Gasteiger partial charge in [0, 0.05) is 30.8 Å². The molecule has 0 radical (unpaired) electrons. The number of benzene rings is 2. The van der Waals surface area contributed by atoms with Crippen molar-refractivity contribution in [3.8, 4) is 11.5 Å². The van der Waals surface area contributed by atoms with Crippen molar-refractivity contribution in [2.45, 2.75) is 19.9 Å². The summed E-state index contributed by atoms with van der Waals surface area (Å²) in [7, 11) is 0. The van der Waals surface area contributed by atoms with E-state index in [9.17, 15) is 24.8 Å². The fourth-order valence-electron chi connectivity index (χ4n) is 4.25. The summed E-state index contributed by atoms with van der Waals surface area (Å²) in [6.45, 7) is 6.29. The van der Waals surface area contributed by atoms with Crippen LogP contribution in [-0.2, 0) is 9.59 Å². The molecule has 2 aliphatic rings. The smallest absolute Gasteiger partial charge is 0.295 e. The van der Waals surface area contributed by atoms with Crippen molar-refractivity contribution in [1.82, 2.24) is 9.80 Å². The minimum atomic E-state index is -0.971. The van der Waals surface area contributed by atoms with E-state index in [1.54, 1.807) is 18.2 Å². The highest BCUT2D eigenvalue weighted by atomic mass is 16.7. The predicted molar refractivity (Wildman–Crippen MR) is 122 cm³/mol. The molecule has 0 saturated carbocycles. The zero-order chi connectivity index (χ0) is 24.4. The van der Waals surface area contributed by atoms with E-state index >= 15 is 0 Å². The number of aliphatic hydroxyl groups is 1. The fraction of sp³-hybridized carbons (Fsp3) is 0.333. The van der Waals surface area contributed by atoms with Crippen LogP contribution in [-0.4, -0.2) is 64.5 Å². The van der Waals surface area contributed by atoms with E-state index in [4.69, 9.17) is 9.47 Å². The lowest BCUT2D eigenvalue weighted by molar-refractivity contribution is -0.384. The van der Waals surface area contributed by atoms with E-state index in [0.717, 1.165) is 13.1 Å². The Bertz CT molecular complexity index is 1170.